The molecule has 0 aromatic heterocycles. The molecule has 22 heavy (non-hydrogen) atoms. The first-order chi connectivity index (χ1) is 10.3. The highest BCUT2D eigenvalue weighted by Crippen LogP contribution is 2.29. The minimum atomic E-state index is -0.759. The van der Waals surface area contributed by atoms with Gasteiger partial charge in [-0.2, -0.15) is 0 Å². The van der Waals surface area contributed by atoms with Crippen LogP contribution in [0.25, 0.3) is 0 Å². The Hall–Kier alpha value is -1.46. The van der Waals surface area contributed by atoms with Gasteiger partial charge in [0.15, 0.2) is 0 Å². The number of carbonyl (C=O) groups is 1. The molecule has 122 valence electrons. The Morgan fingerprint density at radius 3 is 2.50 bits per heavy atom. The van der Waals surface area contributed by atoms with Crippen molar-refractivity contribution in [2.45, 2.75) is 25.9 Å². The van der Waals surface area contributed by atoms with Crippen LogP contribution in [-0.4, -0.2) is 49.8 Å². The lowest BCUT2D eigenvalue weighted by Gasteiger charge is -2.34. The number of rotatable bonds is 4. The monoisotopic (exact) mass is 325 g/mol. The minimum absolute atomic E-state index is 0.568. The number of nitrogens with zero attached hydrogens (tertiary/aromatic N) is 2. The van der Waals surface area contributed by atoms with Gasteiger partial charge in [-0.25, -0.2) is 4.79 Å². The molecule has 6 heteroatoms. The fourth-order valence-corrected chi connectivity index (χ4v) is 3.09. The number of hydrogen-bond donors (Lipinski definition) is 1. The van der Waals surface area contributed by atoms with Crippen LogP contribution in [0.3, 0.4) is 0 Å². The van der Waals surface area contributed by atoms with Gasteiger partial charge in [0.05, 0.1) is 10.7 Å². The number of amides is 1. The topological polar surface area (TPSA) is 58.8 Å². The Morgan fingerprint density at radius 2 is 1.95 bits per heavy atom. The molecule has 1 saturated heterocycles. The van der Waals surface area contributed by atoms with Crippen LogP contribution in [-0.2, 0) is 11.2 Å². The Labute approximate surface area is 137 Å². The largest absolute Gasteiger partial charge is 0.443 e. The van der Waals surface area contributed by atoms with Gasteiger partial charge in [-0.3, -0.25) is 0 Å². The lowest BCUT2D eigenvalue weighted by Crippen LogP contribution is -2.44. The van der Waals surface area contributed by atoms with Crippen molar-refractivity contribution in [3.63, 3.8) is 0 Å². The normalized spacial score (nSPS) is 16.6. The third-order valence-corrected chi connectivity index (χ3v) is 4.17. The number of primary amides is 1. The molecule has 1 amide bonds. The molecule has 1 aliphatic heterocycles. The molecule has 0 radical (unpaired) electrons. The summed E-state index contributed by atoms with van der Waals surface area (Å²) in [7, 11) is 2.13. The van der Waals surface area contributed by atoms with Crippen molar-refractivity contribution in [2.24, 2.45) is 5.73 Å². The quantitative estimate of drug-likeness (QED) is 0.924. The standard InChI is InChI=1S/C16H24ClN3O2/c1-16(2,22-15(18)21)11-12-4-5-14(13(17)10-12)20-8-6-19(3)7-9-20/h4-5,10H,6-9,11H2,1-3H3,(H2,18,21). The summed E-state index contributed by atoms with van der Waals surface area (Å²) in [5, 5.41) is 0.733. The summed E-state index contributed by atoms with van der Waals surface area (Å²) in [6.07, 6.45) is -0.191. The summed E-state index contributed by atoms with van der Waals surface area (Å²) in [6, 6.07) is 6.02. The van der Waals surface area contributed by atoms with Crippen molar-refractivity contribution < 1.29 is 9.53 Å². The molecule has 0 aliphatic carbocycles. The minimum Gasteiger partial charge on any atom is -0.443 e. The molecule has 0 atom stereocenters. The van der Waals surface area contributed by atoms with Gasteiger partial charge in [0.1, 0.15) is 5.60 Å². The third kappa shape index (κ3) is 4.52. The molecule has 0 bridgehead atoms. The van der Waals surface area contributed by atoms with E-state index < -0.39 is 11.7 Å². The van der Waals surface area contributed by atoms with E-state index in [0.717, 1.165) is 42.5 Å². The fourth-order valence-electron chi connectivity index (χ4n) is 2.76. The van der Waals surface area contributed by atoms with Gasteiger partial charge in [-0.15, -0.1) is 0 Å². The van der Waals surface area contributed by atoms with Crippen molar-refractivity contribution in [1.29, 1.82) is 0 Å². The lowest BCUT2D eigenvalue weighted by molar-refractivity contribution is 0.0460. The summed E-state index contributed by atoms with van der Waals surface area (Å²) >= 11 is 6.45. The zero-order valence-corrected chi connectivity index (χ0v) is 14.2. The van der Waals surface area contributed by atoms with Gasteiger partial charge < -0.3 is 20.3 Å². The smallest absolute Gasteiger partial charge is 0.405 e. The molecular formula is C16H24ClN3O2. The van der Waals surface area contributed by atoms with Crippen molar-refractivity contribution in [2.75, 3.05) is 38.1 Å². The second-order valence-corrected chi connectivity index (χ2v) is 6.84. The molecule has 0 saturated carbocycles. The molecule has 1 aromatic carbocycles. The molecular weight excluding hydrogens is 302 g/mol. The Morgan fingerprint density at radius 1 is 1.32 bits per heavy atom. The average molecular weight is 326 g/mol. The van der Waals surface area contributed by atoms with E-state index in [1.165, 1.54) is 0 Å². The van der Waals surface area contributed by atoms with Crippen LogP contribution in [0.5, 0.6) is 0 Å². The van der Waals surface area contributed by atoms with Crippen LogP contribution in [0.4, 0.5) is 10.5 Å². The maximum Gasteiger partial charge on any atom is 0.405 e. The fraction of sp³-hybridized carbons (Fsp3) is 0.562. The molecule has 0 unspecified atom stereocenters. The highest BCUT2D eigenvalue weighted by molar-refractivity contribution is 6.33. The van der Waals surface area contributed by atoms with E-state index in [4.69, 9.17) is 22.1 Å². The van der Waals surface area contributed by atoms with Crippen molar-refractivity contribution in [3.8, 4) is 0 Å². The van der Waals surface area contributed by atoms with E-state index in [-0.39, 0.29) is 0 Å². The first-order valence-electron chi connectivity index (χ1n) is 7.47. The van der Waals surface area contributed by atoms with E-state index in [1.54, 1.807) is 0 Å². The van der Waals surface area contributed by atoms with E-state index in [0.29, 0.717) is 6.42 Å². The number of halogens is 1. The summed E-state index contributed by atoms with van der Waals surface area (Å²) in [5.41, 5.74) is 6.53. The molecule has 2 N–H and O–H groups in total. The highest BCUT2D eigenvalue weighted by atomic mass is 35.5. The van der Waals surface area contributed by atoms with Crippen LogP contribution in [0.15, 0.2) is 18.2 Å². The summed E-state index contributed by atoms with van der Waals surface area (Å²) in [4.78, 5) is 15.5. The zero-order chi connectivity index (χ0) is 16.3. The number of piperazine rings is 1. The van der Waals surface area contributed by atoms with Crippen LogP contribution in [0.1, 0.15) is 19.4 Å². The van der Waals surface area contributed by atoms with E-state index in [1.807, 2.05) is 32.0 Å². The lowest BCUT2D eigenvalue weighted by atomic mass is 9.98. The van der Waals surface area contributed by atoms with Crippen LogP contribution in [0.2, 0.25) is 5.02 Å². The van der Waals surface area contributed by atoms with Gasteiger partial charge in [-0.1, -0.05) is 17.7 Å². The Kier molecular flexibility index (Phi) is 5.19. The number of benzene rings is 1. The molecule has 1 aliphatic rings. The van der Waals surface area contributed by atoms with Gasteiger partial charge in [-0.05, 0) is 38.6 Å². The van der Waals surface area contributed by atoms with E-state index >= 15 is 0 Å². The Bertz CT molecular complexity index is 540. The number of carbonyl (C=O) groups excluding carboxylic acids is 1. The van der Waals surface area contributed by atoms with Crippen LogP contribution in [0, 0.1) is 0 Å². The molecule has 1 heterocycles. The van der Waals surface area contributed by atoms with Gasteiger partial charge in [0.25, 0.3) is 0 Å². The average Bonchev–Trinajstić information content (AvgIpc) is 2.38. The first-order valence-corrected chi connectivity index (χ1v) is 7.85. The predicted molar refractivity (Wildman–Crippen MR) is 89.6 cm³/mol. The number of likely N-dealkylation sites (N-methyl/N-ethyl adjacent to an activating group) is 1. The number of ether oxygens (including phenoxy) is 1. The Balaban J connectivity index is 2.08. The second kappa shape index (κ2) is 6.75. The van der Waals surface area contributed by atoms with Gasteiger partial charge in [0.2, 0.25) is 0 Å². The third-order valence-electron chi connectivity index (χ3n) is 3.86. The van der Waals surface area contributed by atoms with Crippen molar-refractivity contribution >= 4 is 23.4 Å². The molecule has 2 rings (SSSR count). The maximum atomic E-state index is 10.9. The van der Waals surface area contributed by atoms with Gasteiger partial charge >= 0.3 is 6.09 Å². The highest BCUT2D eigenvalue weighted by Gasteiger charge is 2.23. The van der Waals surface area contributed by atoms with E-state index in [9.17, 15) is 4.79 Å². The zero-order valence-electron chi connectivity index (χ0n) is 13.4. The summed E-state index contributed by atoms with van der Waals surface area (Å²) < 4.78 is 5.12. The number of anilines is 1. The molecule has 1 fully saturated rings. The summed E-state index contributed by atoms with van der Waals surface area (Å²) in [6.45, 7) is 7.70. The number of nitrogens with two attached hydrogens (primary N) is 1. The second-order valence-electron chi connectivity index (χ2n) is 6.43. The first kappa shape index (κ1) is 16.9. The summed E-state index contributed by atoms with van der Waals surface area (Å²) in [5.74, 6) is 0. The van der Waals surface area contributed by atoms with E-state index in [2.05, 4.69) is 16.8 Å². The molecule has 5 nitrogen and oxygen atoms in total. The van der Waals surface area contributed by atoms with Crippen molar-refractivity contribution in [1.82, 2.24) is 4.90 Å². The van der Waals surface area contributed by atoms with Crippen LogP contribution >= 0.6 is 11.6 Å². The van der Waals surface area contributed by atoms with Gasteiger partial charge in [0, 0.05) is 32.6 Å². The molecule has 0 spiro atoms. The maximum absolute atomic E-state index is 10.9. The van der Waals surface area contributed by atoms with Crippen LogP contribution < -0.4 is 10.6 Å². The SMILES string of the molecule is CN1CCN(c2ccc(CC(C)(C)OC(N)=O)cc2Cl)CC1. The number of hydrogen-bond acceptors (Lipinski definition) is 4. The van der Waals surface area contributed by atoms with Crippen molar-refractivity contribution in [3.05, 3.63) is 28.8 Å². The molecule has 1 aromatic rings. The predicted octanol–water partition coefficient (Wildman–Crippen LogP) is 2.51.